The third-order valence-corrected chi connectivity index (χ3v) is 12.8. The van der Waals surface area contributed by atoms with Gasteiger partial charge in [0, 0.05) is 33.4 Å². The van der Waals surface area contributed by atoms with Crippen LogP contribution in [-0.2, 0) is 0 Å². The van der Waals surface area contributed by atoms with Crippen molar-refractivity contribution in [2.45, 2.75) is 0 Å². The number of fused-ring (bicyclic) bond motifs is 6. The van der Waals surface area contributed by atoms with Crippen LogP contribution in [-0.4, -0.2) is 4.57 Å². The number of hydrogen-bond acceptors (Lipinski definition) is 1. The Bertz CT molecular complexity index is 3580. The summed E-state index contributed by atoms with van der Waals surface area (Å²) in [5.74, 6) is 0. The molecule has 0 aliphatic rings. The number of aromatic nitrogens is 1. The van der Waals surface area contributed by atoms with E-state index in [1.54, 1.807) is 0 Å². The van der Waals surface area contributed by atoms with E-state index in [4.69, 9.17) is 0 Å². The van der Waals surface area contributed by atoms with Gasteiger partial charge < -0.3 is 9.47 Å². The molecule has 12 aromatic rings. The molecule has 0 saturated carbocycles. The van der Waals surface area contributed by atoms with Crippen molar-refractivity contribution >= 4 is 60.4 Å². The molecule has 11 aromatic carbocycles. The number of hydrogen-bond donors (Lipinski definition) is 0. The van der Waals surface area contributed by atoms with Crippen molar-refractivity contribution < 1.29 is 0 Å². The Morgan fingerprint density at radius 1 is 0.250 bits per heavy atom. The maximum Gasteiger partial charge on any atom is 0.0541 e. The van der Waals surface area contributed by atoms with E-state index in [1.165, 1.54) is 93.5 Å². The van der Waals surface area contributed by atoms with E-state index in [1.807, 2.05) is 0 Å². The topological polar surface area (TPSA) is 8.17 Å². The fourth-order valence-electron chi connectivity index (χ4n) is 9.73. The summed E-state index contributed by atoms with van der Waals surface area (Å²) < 4.78 is 2.41. The lowest BCUT2D eigenvalue weighted by Crippen LogP contribution is -2.10. The molecule has 2 nitrogen and oxygen atoms in total. The smallest absolute Gasteiger partial charge is 0.0541 e. The first-order valence-corrected chi connectivity index (χ1v) is 22.0. The van der Waals surface area contributed by atoms with Gasteiger partial charge >= 0.3 is 0 Å². The van der Waals surface area contributed by atoms with Crippen LogP contribution in [0.5, 0.6) is 0 Å². The first-order chi connectivity index (χ1) is 31.7. The zero-order valence-corrected chi connectivity index (χ0v) is 35.1. The summed E-state index contributed by atoms with van der Waals surface area (Å²) in [4.78, 5) is 2.37. The molecule has 0 N–H and O–H groups in total. The molecule has 64 heavy (non-hydrogen) atoms. The van der Waals surface area contributed by atoms with Crippen LogP contribution in [0.4, 0.5) is 17.1 Å². The molecule has 0 bridgehead atoms. The van der Waals surface area contributed by atoms with Gasteiger partial charge in [0.05, 0.1) is 16.7 Å². The highest BCUT2D eigenvalue weighted by Crippen LogP contribution is 2.41. The van der Waals surface area contributed by atoms with Crippen LogP contribution in [0.25, 0.3) is 93.5 Å². The Labute approximate surface area is 373 Å². The number of benzene rings is 11. The molecular weight excluding hydrogens is 773 g/mol. The maximum atomic E-state index is 2.41. The van der Waals surface area contributed by atoms with Crippen LogP contribution in [0.2, 0.25) is 0 Å². The number of para-hydroxylation sites is 3. The summed E-state index contributed by atoms with van der Waals surface area (Å²) in [6, 6.07) is 92.5. The average Bonchev–Trinajstić information content (AvgIpc) is 3.71. The number of nitrogens with zero attached hydrogens (tertiary/aromatic N) is 2. The fraction of sp³-hybridized carbons (Fsp3) is 0. The SMILES string of the molecule is c1ccc(-c2cccc(N(c3ccc(-c4ccc(-c5ccccc5-n5c6ccccc6c6ccccc65)cc4)cc3)c3ccc(-c4cc5ccccc5c5ccccc45)cc3)c2)cc1. The van der Waals surface area contributed by atoms with Crippen LogP contribution in [0.1, 0.15) is 0 Å². The van der Waals surface area contributed by atoms with Crippen molar-refractivity contribution in [2.75, 3.05) is 4.90 Å². The first kappa shape index (κ1) is 37.3. The summed E-state index contributed by atoms with van der Waals surface area (Å²) in [5.41, 5.74) is 16.4. The molecule has 0 aliphatic heterocycles. The molecule has 0 radical (unpaired) electrons. The molecule has 1 aromatic heterocycles. The van der Waals surface area contributed by atoms with Crippen LogP contribution in [0, 0.1) is 0 Å². The maximum absolute atomic E-state index is 2.41. The normalized spacial score (nSPS) is 11.4. The number of anilines is 3. The highest BCUT2D eigenvalue weighted by Gasteiger charge is 2.17. The van der Waals surface area contributed by atoms with E-state index in [2.05, 4.69) is 264 Å². The van der Waals surface area contributed by atoms with Crippen LogP contribution >= 0.6 is 0 Å². The summed E-state index contributed by atoms with van der Waals surface area (Å²) in [5, 5.41) is 7.60. The van der Waals surface area contributed by atoms with E-state index >= 15 is 0 Å². The third-order valence-electron chi connectivity index (χ3n) is 12.8. The molecule has 0 spiro atoms. The second-order valence-corrected chi connectivity index (χ2v) is 16.5. The minimum Gasteiger partial charge on any atom is -0.310 e. The zero-order chi connectivity index (χ0) is 42.4. The first-order valence-electron chi connectivity index (χ1n) is 22.0. The van der Waals surface area contributed by atoms with Gasteiger partial charge in [0.15, 0.2) is 0 Å². The van der Waals surface area contributed by atoms with Gasteiger partial charge in [0.2, 0.25) is 0 Å². The molecule has 2 heteroatoms. The monoisotopic (exact) mass is 814 g/mol. The quantitative estimate of drug-likeness (QED) is 0.139. The standard InChI is InChI=1S/C62H42N2/c1-2-15-43(16-3-1)48-18-14-19-52(41-48)63(51-39-35-47(36-40-51)59-42-49-17-4-5-20-53(49)55-22-6-7-23-56(55)59)50-37-33-45(34-38-50)44-29-31-46(32-30-44)54-21-8-11-26-60(54)64-61-27-12-9-24-57(61)58-25-10-13-28-62(58)64/h1-42H. The summed E-state index contributed by atoms with van der Waals surface area (Å²) in [6.45, 7) is 0. The minimum atomic E-state index is 1.09. The largest absolute Gasteiger partial charge is 0.310 e. The molecular formula is C62H42N2. The Morgan fingerprint density at radius 3 is 1.41 bits per heavy atom. The van der Waals surface area contributed by atoms with E-state index < -0.39 is 0 Å². The van der Waals surface area contributed by atoms with E-state index in [0.29, 0.717) is 0 Å². The van der Waals surface area contributed by atoms with Gasteiger partial charge in [-0.15, -0.1) is 0 Å². The molecule has 12 rings (SSSR count). The van der Waals surface area contributed by atoms with Gasteiger partial charge in [0.1, 0.15) is 0 Å². The van der Waals surface area contributed by atoms with Gasteiger partial charge in [-0.25, -0.2) is 0 Å². The fourth-order valence-corrected chi connectivity index (χ4v) is 9.73. The van der Waals surface area contributed by atoms with Gasteiger partial charge in [-0.2, -0.15) is 0 Å². The highest BCUT2D eigenvalue weighted by molar-refractivity contribution is 6.14. The van der Waals surface area contributed by atoms with Crippen molar-refractivity contribution in [3.63, 3.8) is 0 Å². The summed E-state index contributed by atoms with van der Waals surface area (Å²) >= 11 is 0. The van der Waals surface area contributed by atoms with E-state index in [0.717, 1.165) is 17.1 Å². The molecule has 300 valence electrons. The molecule has 1 heterocycles. The van der Waals surface area contributed by atoms with Gasteiger partial charge in [-0.05, 0) is 121 Å². The number of rotatable bonds is 8. The Kier molecular flexibility index (Phi) is 9.20. The summed E-state index contributed by atoms with van der Waals surface area (Å²) in [6.07, 6.45) is 0. The molecule has 0 fully saturated rings. The Hall–Kier alpha value is -8.46. The predicted molar refractivity (Wildman–Crippen MR) is 272 cm³/mol. The summed E-state index contributed by atoms with van der Waals surface area (Å²) in [7, 11) is 0. The second kappa shape index (κ2) is 15.8. The molecule has 0 amide bonds. The second-order valence-electron chi connectivity index (χ2n) is 16.5. The highest BCUT2D eigenvalue weighted by atomic mass is 15.1. The van der Waals surface area contributed by atoms with Crippen molar-refractivity contribution in [3.05, 3.63) is 255 Å². The molecule has 0 saturated heterocycles. The zero-order valence-electron chi connectivity index (χ0n) is 35.1. The van der Waals surface area contributed by atoms with Crippen molar-refractivity contribution in [1.29, 1.82) is 0 Å². The van der Waals surface area contributed by atoms with E-state index in [-0.39, 0.29) is 0 Å². The van der Waals surface area contributed by atoms with E-state index in [9.17, 15) is 0 Å². The molecule has 0 atom stereocenters. The lowest BCUT2D eigenvalue weighted by Gasteiger charge is -2.26. The Morgan fingerprint density at radius 2 is 0.719 bits per heavy atom. The molecule has 0 unspecified atom stereocenters. The van der Waals surface area contributed by atoms with Crippen molar-refractivity contribution in [1.82, 2.24) is 4.57 Å². The lowest BCUT2D eigenvalue weighted by molar-refractivity contribution is 1.18. The average molecular weight is 815 g/mol. The van der Waals surface area contributed by atoms with Crippen LogP contribution in [0.15, 0.2) is 255 Å². The van der Waals surface area contributed by atoms with Crippen LogP contribution < -0.4 is 4.90 Å². The van der Waals surface area contributed by atoms with Gasteiger partial charge in [0.25, 0.3) is 0 Å². The predicted octanol–water partition coefficient (Wildman–Crippen LogP) is 17.2. The molecule has 0 aliphatic carbocycles. The Balaban J connectivity index is 0.902. The minimum absolute atomic E-state index is 1.09. The lowest BCUT2D eigenvalue weighted by atomic mass is 9.93. The van der Waals surface area contributed by atoms with Crippen LogP contribution in [0.3, 0.4) is 0 Å². The van der Waals surface area contributed by atoms with Gasteiger partial charge in [-0.3, -0.25) is 0 Å². The third kappa shape index (κ3) is 6.52. The van der Waals surface area contributed by atoms with Crippen molar-refractivity contribution in [3.8, 4) is 50.2 Å². The van der Waals surface area contributed by atoms with Gasteiger partial charge in [-0.1, -0.05) is 194 Å². The van der Waals surface area contributed by atoms with Crippen molar-refractivity contribution in [2.24, 2.45) is 0 Å².